The van der Waals surface area contributed by atoms with Crippen molar-refractivity contribution in [3.63, 3.8) is 0 Å². The third-order valence-electron chi connectivity index (χ3n) is 6.38. The lowest BCUT2D eigenvalue weighted by atomic mass is 9.89. The molecule has 0 heterocycles. The van der Waals surface area contributed by atoms with E-state index in [9.17, 15) is 49.1 Å². The van der Waals surface area contributed by atoms with Crippen LogP contribution in [0.1, 0.15) is 43.0 Å². The Balaban J connectivity index is 2.06. The fourth-order valence-corrected chi connectivity index (χ4v) is 4.43. The number of amides is 1. The summed E-state index contributed by atoms with van der Waals surface area (Å²) in [6.07, 6.45) is -13.9. The molecule has 0 saturated heterocycles. The number of Topliss-reactive ketones (excluding diaryl/α,β-unsaturated/α-hetero) is 1. The topological polar surface area (TPSA) is 64.6 Å². The molecule has 0 aliphatic heterocycles. The lowest BCUT2D eigenvalue weighted by Gasteiger charge is -2.31. The van der Waals surface area contributed by atoms with E-state index < -0.39 is 65.2 Å². The van der Waals surface area contributed by atoms with Crippen LogP contribution >= 0.6 is 11.6 Å². The van der Waals surface area contributed by atoms with E-state index in [1.807, 2.05) is 0 Å². The van der Waals surface area contributed by atoms with Crippen LogP contribution in [0.15, 0.2) is 48.5 Å². The van der Waals surface area contributed by atoms with Crippen molar-refractivity contribution >= 4 is 29.0 Å². The van der Waals surface area contributed by atoms with Gasteiger partial charge < -0.3 is 14.8 Å². The number of carbonyl (C=O) groups excluding carboxylic acids is 2. The second kappa shape index (κ2) is 12.3. The van der Waals surface area contributed by atoms with E-state index in [1.165, 1.54) is 24.3 Å². The van der Waals surface area contributed by atoms with Gasteiger partial charge in [0.25, 0.3) is 5.91 Å². The summed E-state index contributed by atoms with van der Waals surface area (Å²) in [5, 5.41) is 2.82. The smallest absolute Gasteiger partial charge is 0.435 e. The zero-order valence-electron chi connectivity index (χ0n) is 22.3. The molecule has 0 aromatic heterocycles. The van der Waals surface area contributed by atoms with Crippen molar-refractivity contribution in [3.8, 4) is 11.5 Å². The number of rotatable bonds is 9. The first kappa shape index (κ1) is 33.6. The molecule has 0 bridgehead atoms. The Morgan fingerprint density at radius 1 is 0.884 bits per heavy atom. The number of para-hydroxylation sites is 1. The minimum atomic E-state index is -6.51. The van der Waals surface area contributed by atoms with Crippen molar-refractivity contribution in [3.05, 3.63) is 86.9 Å². The maximum atomic E-state index is 14.7. The van der Waals surface area contributed by atoms with Gasteiger partial charge in [0.1, 0.15) is 5.75 Å². The number of halogens is 10. The summed E-state index contributed by atoms with van der Waals surface area (Å²) in [4.78, 5) is 26.2. The van der Waals surface area contributed by atoms with Gasteiger partial charge in [0, 0.05) is 28.1 Å². The predicted molar refractivity (Wildman–Crippen MR) is 138 cm³/mol. The molecule has 0 fully saturated rings. The number of alkyl halides is 9. The summed E-state index contributed by atoms with van der Waals surface area (Å²) in [6.45, 7) is -1.21. The summed E-state index contributed by atoms with van der Waals surface area (Å²) >= 11 is 5.96. The maximum absolute atomic E-state index is 14.7. The van der Waals surface area contributed by atoms with Crippen molar-refractivity contribution < 1.29 is 58.6 Å². The number of benzene rings is 3. The molecule has 0 atom stereocenters. The summed E-state index contributed by atoms with van der Waals surface area (Å²) < 4.78 is 130. The van der Waals surface area contributed by atoms with Gasteiger partial charge in [-0.15, -0.1) is 0 Å². The SMILES string of the molecule is COc1c(NC(=O)c2cc(Cl)ccc2C)cccc1C(=O)Cc1c(C)cc(C(F)(C(F)(F)F)C(F)(F)F)cc1OC(F)F. The van der Waals surface area contributed by atoms with Gasteiger partial charge >= 0.3 is 24.6 Å². The molecule has 232 valence electrons. The number of ketones is 1. The van der Waals surface area contributed by atoms with Crippen molar-refractivity contribution in [1.29, 1.82) is 0 Å². The van der Waals surface area contributed by atoms with Crippen molar-refractivity contribution in [1.82, 2.24) is 0 Å². The van der Waals surface area contributed by atoms with Crippen LogP contribution in [0.4, 0.5) is 45.2 Å². The number of anilines is 1. The standard InChI is InChI=1S/C28H21ClF9NO4/c1-13-7-8-16(29)11-19(13)24(41)39-20-6-4-5-17(23(20)42-3)21(40)12-18-14(2)9-15(10-22(18)43-25(30)31)26(32,27(33,34)35)28(36,37)38/h4-11,25H,12H2,1-3H3,(H,39,41). The molecule has 5 nitrogen and oxygen atoms in total. The first-order valence-electron chi connectivity index (χ1n) is 12.0. The van der Waals surface area contributed by atoms with Crippen LogP contribution in [0.3, 0.4) is 0 Å². The van der Waals surface area contributed by atoms with E-state index in [4.69, 9.17) is 16.3 Å². The van der Waals surface area contributed by atoms with Crippen LogP contribution in [0.25, 0.3) is 0 Å². The van der Waals surface area contributed by atoms with Gasteiger partial charge in [0.05, 0.1) is 18.4 Å². The second-order valence-corrected chi connectivity index (χ2v) is 9.64. The van der Waals surface area contributed by atoms with Crippen LogP contribution in [-0.2, 0) is 12.1 Å². The minimum absolute atomic E-state index is 0.00795. The molecular formula is C28H21ClF9NO4. The zero-order valence-corrected chi connectivity index (χ0v) is 23.1. The number of carbonyl (C=O) groups is 2. The number of ether oxygens (including phenoxy) is 2. The highest BCUT2D eigenvalue weighted by molar-refractivity contribution is 6.31. The Morgan fingerprint density at radius 3 is 2.07 bits per heavy atom. The molecule has 1 N–H and O–H groups in total. The molecule has 3 aromatic rings. The molecular weight excluding hydrogens is 621 g/mol. The second-order valence-electron chi connectivity index (χ2n) is 9.20. The minimum Gasteiger partial charge on any atom is -0.494 e. The monoisotopic (exact) mass is 641 g/mol. The molecule has 15 heteroatoms. The van der Waals surface area contributed by atoms with Crippen molar-refractivity contribution in [2.45, 2.75) is 44.9 Å². The highest BCUT2D eigenvalue weighted by Crippen LogP contribution is 2.54. The van der Waals surface area contributed by atoms with E-state index in [-0.39, 0.29) is 39.7 Å². The molecule has 3 aromatic carbocycles. The summed E-state index contributed by atoms with van der Waals surface area (Å²) in [5.41, 5.74) is -8.58. The molecule has 43 heavy (non-hydrogen) atoms. The summed E-state index contributed by atoms with van der Waals surface area (Å²) in [6, 6.07) is 8.46. The summed E-state index contributed by atoms with van der Waals surface area (Å²) in [7, 11) is 1.15. The van der Waals surface area contributed by atoms with E-state index in [1.54, 1.807) is 19.1 Å². The normalized spacial score (nSPS) is 12.3. The predicted octanol–water partition coefficient (Wildman–Crippen LogP) is 8.53. The van der Waals surface area contributed by atoms with Gasteiger partial charge in [-0.05, 0) is 55.3 Å². The third kappa shape index (κ3) is 6.84. The van der Waals surface area contributed by atoms with Gasteiger partial charge in [0.15, 0.2) is 11.5 Å². The van der Waals surface area contributed by atoms with Crippen LogP contribution in [0, 0.1) is 13.8 Å². The molecule has 0 unspecified atom stereocenters. The first-order chi connectivity index (χ1) is 19.8. The van der Waals surface area contributed by atoms with E-state index >= 15 is 0 Å². The van der Waals surface area contributed by atoms with Crippen LogP contribution in [0.5, 0.6) is 11.5 Å². The number of methoxy groups -OCH3 is 1. The van der Waals surface area contributed by atoms with E-state index in [0.717, 1.165) is 14.0 Å². The fourth-order valence-electron chi connectivity index (χ4n) is 4.26. The number of nitrogens with one attached hydrogen (secondary N) is 1. The van der Waals surface area contributed by atoms with Crippen LogP contribution in [0.2, 0.25) is 5.02 Å². The summed E-state index contributed by atoms with van der Waals surface area (Å²) in [5.74, 6) is -3.01. The molecule has 0 aliphatic rings. The quantitative estimate of drug-likeness (QED) is 0.188. The third-order valence-corrected chi connectivity index (χ3v) is 6.61. The molecule has 0 spiro atoms. The number of hydrogen-bond donors (Lipinski definition) is 1. The Bertz CT molecular complexity index is 1520. The number of aryl methyl sites for hydroxylation is 2. The van der Waals surface area contributed by atoms with E-state index in [2.05, 4.69) is 10.1 Å². The van der Waals surface area contributed by atoms with Crippen molar-refractivity contribution in [2.24, 2.45) is 0 Å². The van der Waals surface area contributed by atoms with Gasteiger partial charge in [-0.2, -0.15) is 35.1 Å². The van der Waals surface area contributed by atoms with Crippen LogP contribution < -0.4 is 14.8 Å². The first-order valence-corrected chi connectivity index (χ1v) is 12.4. The highest BCUT2D eigenvalue weighted by atomic mass is 35.5. The van der Waals surface area contributed by atoms with Gasteiger partial charge in [-0.1, -0.05) is 29.8 Å². The van der Waals surface area contributed by atoms with Crippen molar-refractivity contribution in [2.75, 3.05) is 12.4 Å². The highest BCUT2D eigenvalue weighted by Gasteiger charge is 2.73. The lowest BCUT2D eigenvalue weighted by Crippen LogP contribution is -2.50. The Morgan fingerprint density at radius 2 is 1.51 bits per heavy atom. The molecule has 0 saturated carbocycles. The molecule has 1 amide bonds. The fraction of sp³-hybridized carbons (Fsp3) is 0.286. The van der Waals surface area contributed by atoms with Crippen LogP contribution in [-0.4, -0.2) is 37.8 Å². The largest absolute Gasteiger partial charge is 0.494 e. The lowest BCUT2D eigenvalue weighted by molar-refractivity contribution is -0.348. The maximum Gasteiger partial charge on any atom is 0.435 e. The van der Waals surface area contributed by atoms with Gasteiger partial charge in [-0.25, -0.2) is 4.39 Å². The molecule has 3 rings (SSSR count). The van der Waals surface area contributed by atoms with E-state index in [0.29, 0.717) is 5.56 Å². The molecule has 0 radical (unpaired) electrons. The average molecular weight is 642 g/mol. The molecule has 0 aliphatic carbocycles. The Labute approximate surface area is 243 Å². The van der Waals surface area contributed by atoms with Gasteiger partial charge in [-0.3, -0.25) is 9.59 Å². The number of hydrogen-bond acceptors (Lipinski definition) is 4. The average Bonchev–Trinajstić information content (AvgIpc) is 2.89. The van der Waals surface area contributed by atoms with Gasteiger partial charge in [0.2, 0.25) is 0 Å². The zero-order chi connectivity index (χ0) is 32.5. The Hall–Kier alpha value is -3.94. The Kier molecular flexibility index (Phi) is 9.64.